The van der Waals surface area contributed by atoms with Crippen LogP contribution in [0.25, 0.3) is 0 Å². The third-order valence-electron chi connectivity index (χ3n) is 2.37. The zero-order valence-electron chi connectivity index (χ0n) is 8.94. The van der Waals surface area contributed by atoms with Gasteiger partial charge in [-0.25, -0.2) is 0 Å². The van der Waals surface area contributed by atoms with Crippen LogP contribution < -0.4 is 5.32 Å². The molecule has 0 radical (unpaired) electrons. The molecule has 0 saturated heterocycles. The van der Waals surface area contributed by atoms with Crippen molar-refractivity contribution in [2.75, 3.05) is 12.4 Å². The topological polar surface area (TPSA) is 12.0 Å². The first-order valence-electron chi connectivity index (χ1n) is 5.24. The molecule has 0 aliphatic rings. The number of unbranched alkanes of at least 4 members (excludes halogenated alkanes) is 2. The summed E-state index contributed by atoms with van der Waals surface area (Å²) in [5, 5.41) is 3.88. The van der Waals surface area contributed by atoms with Gasteiger partial charge in [-0.2, -0.15) is 0 Å². The average Bonchev–Trinajstić information content (AvgIpc) is 2.18. The predicted molar refractivity (Wildman–Crippen MR) is 64.2 cm³/mol. The summed E-state index contributed by atoms with van der Waals surface area (Å²) in [5.74, 6) is 0. The van der Waals surface area contributed by atoms with E-state index in [2.05, 4.69) is 24.4 Å². The fourth-order valence-corrected chi connectivity index (χ4v) is 1.79. The Morgan fingerprint density at radius 3 is 2.64 bits per heavy atom. The smallest absolute Gasteiger partial charge is 0.0640 e. The first kappa shape index (κ1) is 11.4. The van der Waals surface area contributed by atoms with Crippen LogP contribution in [0.5, 0.6) is 0 Å². The van der Waals surface area contributed by atoms with Gasteiger partial charge in [0, 0.05) is 7.05 Å². The maximum atomic E-state index is 6.08. The van der Waals surface area contributed by atoms with Crippen molar-refractivity contribution in [3.63, 3.8) is 0 Å². The molecule has 0 aromatic heterocycles. The van der Waals surface area contributed by atoms with Crippen molar-refractivity contribution >= 4 is 17.3 Å². The largest absolute Gasteiger partial charge is 0.387 e. The van der Waals surface area contributed by atoms with Crippen LogP contribution in [0.1, 0.15) is 31.7 Å². The zero-order chi connectivity index (χ0) is 10.4. The van der Waals surface area contributed by atoms with Gasteiger partial charge in [0.05, 0.1) is 10.7 Å². The van der Waals surface area contributed by atoms with Gasteiger partial charge in [0.1, 0.15) is 0 Å². The number of benzene rings is 1. The van der Waals surface area contributed by atoms with Crippen LogP contribution in [0.4, 0.5) is 5.69 Å². The minimum atomic E-state index is 0.821. The Morgan fingerprint density at radius 1 is 1.29 bits per heavy atom. The highest BCUT2D eigenvalue weighted by molar-refractivity contribution is 6.33. The molecule has 1 rings (SSSR count). The van der Waals surface area contributed by atoms with Gasteiger partial charge >= 0.3 is 0 Å². The molecule has 1 nitrogen and oxygen atoms in total. The van der Waals surface area contributed by atoms with Gasteiger partial charge in [0.15, 0.2) is 0 Å². The van der Waals surface area contributed by atoms with Crippen molar-refractivity contribution in [3.05, 3.63) is 28.8 Å². The zero-order valence-corrected chi connectivity index (χ0v) is 9.69. The van der Waals surface area contributed by atoms with E-state index in [-0.39, 0.29) is 0 Å². The summed E-state index contributed by atoms with van der Waals surface area (Å²) >= 11 is 6.08. The predicted octanol–water partition coefficient (Wildman–Crippen LogP) is 4.11. The highest BCUT2D eigenvalue weighted by Crippen LogP contribution is 2.23. The van der Waals surface area contributed by atoms with Crippen molar-refractivity contribution in [1.82, 2.24) is 0 Å². The van der Waals surface area contributed by atoms with Gasteiger partial charge < -0.3 is 5.32 Å². The lowest BCUT2D eigenvalue weighted by atomic mass is 10.1. The van der Waals surface area contributed by atoms with E-state index in [4.69, 9.17) is 11.6 Å². The Kier molecular flexibility index (Phi) is 4.81. The number of hydrogen-bond acceptors (Lipinski definition) is 1. The first-order valence-corrected chi connectivity index (χ1v) is 5.62. The van der Waals surface area contributed by atoms with Crippen molar-refractivity contribution in [2.24, 2.45) is 0 Å². The summed E-state index contributed by atoms with van der Waals surface area (Å²) in [4.78, 5) is 0. The van der Waals surface area contributed by atoms with Crippen molar-refractivity contribution in [1.29, 1.82) is 0 Å². The molecule has 0 bridgehead atoms. The SMILES string of the molecule is CCCCCc1ccc(NC)c(Cl)c1. The minimum absolute atomic E-state index is 0.821. The van der Waals surface area contributed by atoms with E-state index in [1.165, 1.54) is 24.8 Å². The third kappa shape index (κ3) is 3.22. The van der Waals surface area contributed by atoms with E-state index in [0.717, 1.165) is 17.1 Å². The highest BCUT2D eigenvalue weighted by Gasteiger charge is 1.99. The van der Waals surface area contributed by atoms with E-state index in [1.54, 1.807) is 0 Å². The second-order valence-electron chi connectivity index (χ2n) is 3.52. The quantitative estimate of drug-likeness (QED) is 0.723. The number of aryl methyl sites for hydroxylation is 1. The van der Waals surface area contributed by atoms with Crippen molar-refractivity contribution in [2.45, 2.75) is 32.6 Å². The minimum Gasteiger partial charge on any atom is -0.387 e. The molecule has 1 N–H and O–H groups in total. The molecule has 0 saturated carbocycles. The van der Waals surface area contributed by atoms with Crippen LogP contribution in [0.15, 0.2) is 18.2 Å². The molecule has 78 valence electrons. The standard InChI is InChI=1S/C12H18ClN/c1-3-4-5-6-10-7-8-12(14-2)11(13)9-10/h7-9,14H,3-6H2,1-2H3. The molecule has 0 atom stereocenters. The van der Waals surface area contributed by atoms with Gasteiger partial charge in [-0.15, -0.1) is 0 Å². The monoisotopic (exact) mass is 211 g/mol. The molecular formula is C12H18ClN. The number of anilines is 1. The van der Waals surface area contributed by atoms with Gasteiger partial charge in [0.25, 0.3) is 0 Å². The van der Waals surface area contributed by atoms with Crippen LogP contribution in [0, 0.1) is 0 Å². The Bertz CT molecular complexity index is 284. The van der Waals surface area contributed by atoms with Crippen LogP contribution in [0.2, 0.25) is 5.02 Å². The molecule has 2 heteroatoms. The summed E-state index contributed by atoms with van der Waals surface area (Å²) in [5.41, 5.74) is 2.34. The van der Waals surface area contributed by atoms with E-state index in [0.29, 0.717) is 0 Å². The Morgan fingerprint density at radius 2 is 2.07 bits per heavy atom. The number of hydrogen-bond donors (Lipinski definition) is 1. The maximum Gasteiger partial charge on any atom is 0.0640 e. The van der Waals surface area contributed by atoms with E-state index >= 15 is 0 Å². The average molecular weight is 212 g/mol. The van der Waals surface area contributed by atoms with Crippen molar-refractivity contribution < 1.29 is 0 Å². The second-order valence-corrected chi connectivity index (χ2v) is 3.93. The fraction of sp³-hybridized carbons (Fsp3) is 0.500. The molecule has 0 spiro atoms. The van der Waals surface area contributed by atoms with E-state index in [1.807, 2.05) is 13.1 Å². The van der Waals surface area contributed by atoms with E-state index in [9.17, 15) is 0 Å². The molecule has 14 heavy (non-hydrogen) atoms. The molecule has 1 aromatic rings. The Hall–Kier alpha value is -0.690. The highest BCUT2D eigenvalue weighted by atomic mass is 35.5. The molecule has 0 aliphatic carbocycles. The van der Waals surface area contributed by atoms with E-state index < -0.39 is 0 Å². The molecule has 0 unspecified atom stereocenters. The van der Waals surface area contributed by atoms with Crippen LogP contribution in [0.3, 0.4) is 0 Å². The van der Waals surface area contributed by atoms with Gasteiger partial charge in [0.2, 0.25) is 0 Å². The van der Waals surface area contributed by atoms with Crippen LogP contribution in [-0.2, 0) is 6.42 Å². The van der Waals surface area contributed by atoms with Crippen LogP contribution >= 0.6 is 11.6 Å². The first-order chi connectivity index (χ1) is 6.77. The third-order valence-corrected chi connectivity index (χ3v) is 2.68. The fourth-order valence-electron chi connectivity index (χ4n) is 1.50. The summed E-state index contributed by atoms with van der Waals surface area (Å²) in [7, 11) is 1.89. The molecule has 0 fully saturated rings. The van der Waals surface area contributed by atoms with Crippen molar-refractivity contribution in [3.8, 4) is 0 Å². The number of halogens is 1. The maximum absolute atomic E-state index is 6.08. The van der Waals surface area contributed by atoms with Crippen LogP contribution in [-0.4, -0.2) is 7.05 Å². The molecular weight excluding hydrogens is 194 g/mol. The van der Waals surface area contributed by atoms with Gasteiger partial charge in [-0.3, -0.25) is 0 Å². The van der Waals surface area contributed by atoms with Gasteiger partial charge in [-0.05, 0) is 30.5 Å². The Balaban J connectivity index is 2.57. The lowest BCUT2D eigenvalue weighted by Gasteiger charge is -2.06. The summed E-state index contributed by atoms with van der Waals surface area (Å²) < 4.78 is 0. The lowest BCUT2D eigenvalue weighted by molar-refractivity contribution is 0.717. The van der Waals surface area contributed by atoms with Gasteiger partial charge in [-0.1, -0.05) is 37.4 Å². The lowest BCUT2D eigenvalue weighted by Crippen LogP contribution is -1.91. The molecule has 1 aromatic carbocycles. The summed E-state index contributed by atoms with van der Waals surface area (Å²) in [6.45, 7) is 2.22. The summed E-state index contributed by atoms with van der Waals surface area (Å²) in [6.07, 6.45) is 4.96. The number of nitrogens with one attached hydrogen (secondary N) is 1. The molecule has 0 amide bonds. The summed E-state index contributed by atoms with van der Waals surface area (Å²) in [6, 6.07) is 6.25. The normalized spacial score (nSPS) is 10.2. The molecule has 0 heterocycles. The second kappa shape index (κ2) is 5.92. The molecule has 0 aliphatic heterocycles. The Labute approximate surface area is 91.5 Å². The number of rotatable bonds is 5.